The molecule has 20 heavy (non-hydrogen) atoms. The van der Waals surface area contributed by atoms with Gasteiger partial charge in [-0.1, -0.05) is 18.5 Å². The largest absolute Gasteiger partial charge is 0.497 e. The summed E-state index contributed by atoms with van der Waals surface area (Å²) in [4.78, 5) is 7.99. The van der Waals surface area contributed by atoms with E-state index in [9.17, 15) is 0 Å². The fourth-order valence-electron chi connectivity index (χ4n) is 1.69. The van der Waals surface area contributed by atoms with E-state index in [0.29, 0.717) is 34.5 Å². The molecule has 1 heterocycles. The summed E-state index contributed by atoms with van der Waals surface area (Å²) in [6, 6.07) is 6.96. The van der Waals surface area contributed by atoms with E-state index in [1.54, 1.807) is 18.2 Å². The second-order valence-corrected chi connectivity index (χ2v) is 4.27. The van der Waals surface area contributed by atoms with Crippen LogP contribution in [0.4, 0.5) is 0 Å². The summed E-state index contributed by atoms with van der Waals surface area (Å²) in [5.74, 6) is 1.38. The van der Waals surface area contributed by atoms with Crippen molar-refractivity contribution >= 4 is 11.6 Å². The molecule has 2 aromatic rings. The Labute approximate surface area is 121 Å². The van der Waals surface area contributed by atoms with Crippen LogP contribution >= 0.6 is 11.6 Å². The van der Waals surface area contributed by atoms with Crippen LogP contribution in [0.15, 0.2) is 24.5 Å². The van der Waals surface area contributed by atoms with Gasteiger partial charge in [-0.3, -0.25) is 0 Å². The van der Waals surface area contributed by atoms with Gasteiger partial charge in [0.15, 0.2) is 0 Å². The minimum Gasteiger partial charge on any atom is -0.497 e. The van der Waals surface area contributed by atoms with E-state index in [4.69, 9.17) is 26.3 Å². The molecule has 0 unspecified atom stereocenters. The number of nitriles is 1. The predicted molar refractivity (Wildman–Crippen MR) is 74.2 cm³/mol. The Bertz CT molecular complexity index is 668. The molecule has 5 nitrogen and oxygen atoms in total. The van der Waals surface area contributed by atoms with Crippen LogP contribution in [0.2, 0.25) is 5.15 Å². The third-order valence-electron chi connectivity index (χ3n) is 2.67. The Kier molecular flexibility index (Phi) is 4.38. The maximum atomic E-state index is 8.99. The van der Waals surface area contributed by atoms with Crippen LogP contribution in [0, 0.1) is 11.3 Å². The number of hydrogen-bond acceptors (Lipinski definition) is 5. The molecule has 1 aromatic heterocycles. The first-order chi connectivity index (χ1) is 9.67. The zero-order chi connectivity index (χ0) is 14.5. The monoisotopic (exact) mass is 289 g/mol. The van der Waals surface area contributed by atoms with E-state index in [-0.39, 0.29) is 0 Å². The minimum atomic E-state index is 0.362. The molecule has 0 saturated carbocycles. The first-order valence-electron chi connectivity index (χ1n) is 5.94. The second kappa shape index (κ2) is 6.22. The summed E-state index contributed by atoms with van der Waals surface area (Å²) < 4.78 is 10.8. The molecule has 0 aliphatic rings. The van der Waals surface area contributed by atoms with Crippen molar-refractivity contribution in [1.82, 2.24) is 9.97 Å². The lowest BCUT2D eigenvalue weighted by Crippen LogP contribution is -1.97. The van der Waals surface area contributed by atoms with Gasteiger partial charge in [-0.2, -0.15) is 5.26 Å². The molecule has 0 radical (unpaired) electrons. The summed E-state index contributed by atoms with van der Waals surface area (Å²) in [5, 5.41) is 9.35. The molecule has 0 aliphatic carbocycles. The number of hydrogen-bond donors (Lipinski definition) is 0. The van der Waals surface area contributed by atoms with Crippen molar-refractivity contribution in [2.24, 2.45) is 0 Å². The molecule has 1 aromatic carbocycles. The molecule has 0 saturated heterocycles. The molecular formula is C14H12ClN3O2. The Morgan fingerprint density at radius 3 is 2.65 bits per heavy atom. The molecule has 0 spiro atoms. The van der Waals surface area contributed by atoms with Gasteiger partial charge in [0.2, 0.25) is 5.88 Å². The lowest BCUT2D eigenvalue weighted by molar-refractivity contribution is 0.406. The third-order valence-corrected chi connectivity index (χ3v) is 2.99. The molecule has 0 amide bonds. The molecular weight excluding hydrogens is 278 g/mol. The van der Waals surface area contributed by atoms with Crippen molar-refractivity contribution in [1.29, 1.82) is 5.26 Å². The van der Waals surface area contributed by atoms with Crippen LogP contribution in [-0.4, -0.2) is 17.1 Å². The van der Waals surface area contributed by atoms with Crippen LogP contribution in [0.5, 0.6) is 17.4 Å². The first kappa shape index (κ1) is 14.1. The summed E-state index contributed by atoms with van der Waals surface area (Å²) in [6.45, 7) is 1.93. The van der Waals surface area contributed by atoms with Crippen LogP contribution in [-0.2, 0) is 6.42 Å². The number of nitrogens with zero attached hydrogens (tertiary/aromatic N) is 3. The summed E-state index contributed by atoms with van der Waals surface area (Å²) >= 11 is 6.00. The highest BCUT2D eigenvalue weighted by atomic mass is 35.5. The Morgan fingerprint density at radius 2 is 2.00 bits per heavy atom. The van der Waals surface area contributed by atoms with Gasteiger partial charge >= 0.3 is 0 Å². The van der Waals surface area contributed by atoms with E-state index >= 15 is 0 Å². The van der Waals surface area contributed by atoms with Crippen molar-refractivity contribution < 1.29 is 9.47 Å². The summed E-state index contributed by atoms with van der Waals surface area (Å²) in [7, 11) is 1.53. The number of benzene rings is 1. The minimum absolute atomic E-state index is 0.362. The fourth-order valence-corrected chi connectivity index (χ4v) is 1.94. The molecule has 0 atom stereocenters. The van der Waals surface area contributed by atoms with Crippen molar-refractivity contribution in [3.8, 4) is 23.4 Å². The van der Waals surface area contributed by atoms with Crippen molar-refractivity contribution in [3.63, 3.8) is 0 Å². The SMILES string of the molecule is CCc1c(Cl)ncnc1Oc1cc(C#N)cc(OC)c1. The van der Waals surface area contributed by atoms with Gasteiger partial charge in [-0.15, -0.1) is 0 Å². The zero-order valence-corrected chi connectivity index (χ0v) is 11.8. The van der Waals surface area contributed by atoms with Gasteiger partial charge in [-0.25, -0.2) is 9.97 Å². The standard InChI is InChI=1S/C14H12ClN3O2/c1-3-12-13(15)17-8-18-14(12)20-11-5-9(7-16)4-10(6-11)19-2/h4-6,8H,3H2,1-2H3. The van der Waals surface area contributed by atoms with Gasteiger partial charge < -0.3 is 9.47 Å². The number of rotatable bonds is 4. The fraction of sp³-hybridized carbons (Fsp3) is 0.214. The Hall–Kier alpha value is -2.32. The molecule has 0 aliphatic heterocycles. The molecule has 0 bridgehead atoms. The van der Waals surface area contributed by atoms with Crippen LogP contribution < -0.4 is 9.47 Å². The molecule has 6 heteroatoms. The van der Waals surface area contributed by atoms with Crippen molar-refractivity contribution in [2.75, 3.05) is 7.11 Å². The highest BCUT2D eigenvalue weighted by Gasteiger charge is 2.11. The molecule has 102 valence electrons. The lowest BCUT2D eigenvalue weighted by atomic mass is 10.2. The van der Waals surface area contributed by atoms with Gasteiger partial charge in [-0.05, 0) is 18.6 Å². The molecule has 0 fully saturated rings. The second-order valence-electron chi connectivity index (χ2n) is 3.91. The normalized spacial score (nSPS) is 9.90. The highest BCUT2D eigenvalue weighted by Crippen LogP contribution is 2.30. The number of halogens is 1. The van der Waals surface area contributed by atoms with Gasteiger partial charge in [0, 0.05) is 6.07 Å². The number of methoxy groups -OCH3 is 1. The zero-order valence-electron chi connectivity index (χ0n) is 11.1. The predicted octanol–water partition coefficient (Wildman–Crippen LogP) is 3.36. The maximum absolute atomic E-state index is 8.99. The number of ether oxygens (including phenoxy) is 2. The lowest BCUT2D eigenvalue weighted by Gasteiger charge is -2.10. The highest BCUT2D eigenvalue weighted by molar-refractivity contribution is 6.30. The van der Waals surface area contributed by atoms with Gasteiger partial charge in [0.25, 0.3) is 0 Å². The van der Waals surface area contributed by atoms with Gasteiger partial charge in [0.05, 0.1) is 24.3 Å². The first-order valence-corrected chi connectivity index (χ1v) is 6.32. The van der Waals surface area contributed by atoms with Crippen molar-refractivity contribution in [2.45, 2.75) is 13.3 Å². The van der Waals surface area contributed by atoms with E-state index in [2.05, 4.69) is 9.97 Å². The van der Waals surface area contributed by atoms with Gasteiger partial charge in [0.1, 0.15) is 23.0 Å². The average molecular weight is 290 g/mol. The van der Waals surface area contributed by atoms with E-state index in [1.165, 1.54) is 13.4 Å². The third kappa shape index (κ3) is 2.98. The van der Waals surface area contributed by atoms with E-state index < -0.39 is 0 Å². The molecule has 0 N–H and O–H groups in total. The smallest absolute Gasteiger partial charge is 0.226 e. The van der Waals surface area contributed by atoms with Crippen LogP contribution in [0.3, 0.4) is 0 Å². The van der Waals surface area contributed by atoms with Crippen molar-refractivity contribution in [3.05, 3.63) is 40.8 Å². The number of aromatic nitrogens is 2. The quantitative estimate of drug-likeness (QED) is 0.807. The topological polar surface area (TPSA) is 68.0 Å². The Balaban J connectivity index is 2.40. The van der Waals surface area contributed by atoms with Crippen LogP contribution in [0.25, 0.3) is 0 Å². The molecule has 2 rings (SSSR count). The van der Waals surface area contributed by atoms with E-state index in [0.717, 1.165) is 5.56 Å². The maximum Gasteiger partial charge on any atom is 0.226 e. The van der Waals surface area contributed by atoms with Crippen LogP contribution in [0.1, 0.15) is 18.1 Å². The summed E-state index contributed by atoms with van der Waals surface area (Å²) in [5.41, 5.74) is 1.16. The average Bonchev–Trinajstić information content (AvgIpc) is 2.47. The summed E-state index contributed by atoms with van der Waals surface area (Å²) in [6.07, 6.45) is 1.98. The Morgan fingerprint density at radius 1 is 1.25 bits per heavy atom. The van der Waals surface area contributed by atoms with E-state index in [1.807, 2.05) is 13.0 Å².